The Morgan fingerprint density at radius 3 is 2.50 bits per heavy atom. The Hall–Kier alpha value is -2.62. The summed E-state index contributed by atoms with van der Waals surface area (Å²) in [5.74, 6) is 0. The van der Waals surface area contributed by atoms with Gasteiger partial charge in [0.25, 0.3) is 5.56 Å². The predicted octanol–water partition coefficient (Wildman–Crippen LogP) is 2.23. The Morgan fingerprint density at radius 2 is 1.78 bits per heavy atom. The summed E-state index contributed by atoms with van der Waals surface area (Å²) in [4.78, 5) is 16.1. The summed E-state index contributed by atoms with van der Waals surface area (Å²) in [6.07, 6.45) is 1.70. The molecule has 3 rings (SSSR count). The second-order valence-electron chi connectivity index (χ2n) is 3.89. The monoisotopic (exact) mass is 237 g/mol. The molecule has 0 fully saturated rings. The number of benzene rings is 1. The molecule has 0 atom stereocenters. The Labute approximate surface area is 104 Å². The number of pyridine rings is 1. The number of hydrogen-bond acceptors (Lipinski definition) is 2. The fourth-order valence-electron chi connectivity index (χ4n) is 1.82. The van der Waals surface area contributed by atoms with E-state index in [9.17, 15) is 4.79 Å². The summed E-state index contributed by atoms with van der Waals surface area (Å²) in [5.41, 5.74) is 2.18. The van der Waals surface area contributed by atoms with Gasteiger partial charge in [0, 0.05) is 12.3 Å². The normalized spacial score (nSPS) is 10.4. The van der Waals surface area contributed by atoms with Crippen LogP contribution < -0.4 is 5.56 Å². The fourth-order valence-corrected chi connectivity index (χ4v) is 1.82. The molecule has 4 heteroatoms. The summed E-state index contributed by atoms with van der Waals surface area (Å²) >= 11 is 0. The van der Waals surface area contributed by atoms with Gasteiger partial charge in [0.2, 0.25) is 0 Å². The van der Waals surface area contributed by atoms with Gasteiger partial charge >= 0.3 is 0 Å². The number of H-pyrrole nitrogens is 1. The van der Waals surface area contributed by atoms with Crippen LogP contribution in [-0.2, 0) is 0 Å². The predicted molar refractivity (Wildman–Crippen MR) is 69.6 cm³/mol. The Morgan fingerprint density at radius 1 is 1.00 bits per heavy atom. The van der Waals surface area contributed by atoms with Crippen molar-refractivity contribution in [3.63, 3.8) is 0 Å². The van der Waals surface area contributed by atoms with Crippen molar-refractivity contribution in [1.82, 2.24) is 14.8 Å². The van der Waals surface area contributed by atoms with Gasteiger partial charge < -0.3 is 0 Å². The van der Waals surface area contributed by atoms with Crippen LogP contribution in [0.3, 0.4) is 0 Å². The lowest BCUT2D eigenvalue weighted by Crippen LogP contribution is -2.12. The van der Waals surface area contributed by atoms with Crippen molar-refractivity contribution in [3.8, 4) is 17.1 Å². The number of para-hydroxylation sites is 1. The van der Waals surface area contributed by atoms with Crippen molar-refractivity contribution in [2.75, 3.05) is 0 Å². The molecule has 0 bridgehead atoms. The maximum Gasteiger partial charge on any atom is 0.271 e. The molecule has 88 valence electrons. The highest BCUT2D eigenvalue weighted by molar-refractivity contribution is 5.53. The number of rotatable bonds is 2. The van der Waals surface area contributed by atoms with Crippen molar-refractivity contribution in [2.24, 2.45) is 0 Å². The van der Waals surface area contributed by atoms with E-state index in [1.54, 1.807) is 12.3 Å². The molecule has 0 unspecified atom stereocenters. The molecule has 18 heavy (non-hydrogen) atoms. The van der Waals surface area contributed by atoms with Crippen LogP contribution >= 0.6 is 0 Å². The van der Waals surface area contributed by atoms with Crippen LogP contribution in [0.15, 0.2) is 65.6 Å². The Bertz CT molecular complexity index is 699. The Balaban J connectivity index is 2.10. The van der Waals surface area contributed by atoms with E-state index in [0.717, 1.165) is 11.4 Å². The number of aromatic nitrogens is 3. The van der Waals surface area contributed by atoms with Gasteiger partial charge in [-0.25, -0.2) is 4.68 Å². The molecule has 0 saturated heterocycles. The van der Waals surface area contributed by atoms with Gasteiger partial charge in [-0.05, 0) is 24.3 Å². The number of nitrogens with zero attached hydrogens (tertiary/aromatic N) is 2. The molecule has 1 N–H and O–H groups in total. The highest BCUT2D eigenvalue weighted by Gasteiger charge is 2.06. The summed E-state index contributed by atoms with van der Waals surface area (Å²) in [7, 11) is 0. The molecule has 0 aliphatic heterocycles. The third-order valence-corrected chi connectivity index (χ3v) is 2.68. The molecule has 0 radical (unpaired) electrons. The van der Waals surface area contributed by atoms with Crippen LogP contribution in [0.2, 0.25) is 0 Å². The summed E-state index contributed by atoms with van der Waals surface area (Å²) < 4.78 is 1.50. The average Bonchev–Trinajstić information content (AvgIpc) is 2.83. The minimum Gasteiger partial charge on any atom is -0.289 e. The molecule has 0 spiro atoms. The second kappa shape index (κ2) is 4.33. The third-order valence-electron chi connectivity index (χ3n) is 2.68. The minimum absolute atomic E-state index is 0.0955. The lowest BCUT2D eigenvalue weighted by molar-refractivity contribution is 0.851. The van der Waals surface area contributed by atoms with Crippen LogP contribution in [0.1, 0.15) is 0 Å². The highest BCUT2D eigenvalue weighted by atomic mass is 16.1. The van der Waals surface area contributed by atoms with Crippen molar-refractivity contribution < 1.29 is 0 Å². The van der Waals surface area contributed by atoms with Crippen molar-refractivity contribution >= 4 is 0 Å². The number of nitrogens with one attached hydrogen (secondary N) is 1. The van der Waals surface area contributed by atoms with E-state index in [2.05, 4.69) is 10.1 Å². The SMILES string of the molecule is O=c1cc(-c2ccccn2)[nH]n1-c1ccccc1. The summed E-state index contributed by atoms with van der Waals surface area (Å²) in [6, 6.07) is 16.6. The third kappa shape index (κ3) is 1.84. The molecule has 0 aliphatic carbocycles. The first kappa shape index (κ1) is 10.5. The largest absolute Gasteiger partial charge is 0.289 e. The van der Waals surface area contributed by atoms with E-state index in [1.165, 1.54) is 4.68 Å². The molecule has 0 saturated carbocycles. The molecule has 1 aromatic carbocycles. The lowest BCUT2D eigenvalue weighted by Gasteiger charge is -2.01. The number of aromatic amines is 1. The van der Waals surface area contributed by atoms with Gasteiger partial charge in [0.05, 0.1) is 17.1 Å². The van der Waals surface area contributed by atoms with Crippen LogP contribution in [0.4, 0.5) is 0 Å². The lowest BCUT2D eigenvalue weighted by atomic mass is 10.3. The minimum atomic E-state index is -0.0955. The van der Waals surface area contributed by atoms with Gasteiger partial charge in [0.1, 0.15) is 0 Å². The quantitative estimate of drug-likeness (QED) is 0.743. The zero-order valence-corrected chi connectivity index (χ0v) is 9.58. The van der Waals surface area contributed by atoms with Crippen LogP contribution in [0, 0.1) is 0 Å². The summed E-state index contributed by atoms with van der Waals surface area (Å²) in [5, 5.41) is 3.06. The first-order chi connectivity index (χ1) is 8.84. The molecule has 3 aromatic rings. The zero-order chi connectivity index (χ0) is 12.4. The van der Waals surface area contributed by atoms with Gasteiger partial charge in [-0.1, -0.05) is 24.3 Å². The highest BCUT2D eigenvalue weighted by Crippen LogP contribution is 2.12. The zero-order valence-electron chi connectivity index (χ0n) is 9.58. The molecule has 4 nitrogen and oxygen atoms in total. The maximum absolute atomic E-state index is 11.9. The van der Waals surface area contributed by atoms with E-state index >= 15 is 0 Å². The van der Waals surface area contributed by atoms with E-state index in [0.29, 0.717) is 5.69 Å². The van der Waals surface area contributed by atoms with Crippen LogP contribution in [0.25, 0.3) is 17.1 Å². The molecule has 2 aromatic heterocycles. The van der Waals surface area contributed by atoms with Crippen molar-refractivity contribution in [2.45, 2.75) is 0 Å². The molecular weight excluding hydrogens is 226 g/mol. The van der Waals surface area contributed by atoms with Crippen LogP contribution in [-0.4, -0.2) is 14.8 Å². The van der Waals surface area contributed by atoms with Crippen LogP contribution in [0.5, 0.6) is 0 Å². The standard InChI is InChI=1S/C14H11N3O/c18-14-10-13(12-8-4-5-9-15-12)16-17(14)11-6-2-1-3-7-11/h1-10,16H. The Kier molecular flexibility index (Phi) is 2.53. The average molecular weight is 237 g/mol. The first-order valence-corrected chi connectivity index (χ1v) is 5.63. The van der Waals surface area contributed by atoms with Gasteiger partial charge in [-0.15, -0.1) is 0 Å². The fraction of sp³-hybridized carbons (Fsp3) is 0. The van der Waals surface area contributed by atoms with Gasteiger partial charge in [-0.3, -0.25) is 14.9 Å². The summed E-state index contributed by atoms with van der Waals surface area (Å²) in [6.45, 7) is 0. The van der Waals surface area contributed by atoms with E-state index in [-0.39, 0.29) is 5.56 Å². The molecule has 2 heterocycles. The molecule has 0 amide bonds. The molecular formula is C14H11N3O. The second-order valence-corrected chi connectivity index (χ2v) is 3.89. The van der Waals surface area contributed by atoms with E-state index < -0.39 is 0 Å². The van der Waals surface area contributed by atoms with Crippen molar-refractivity contribution in [1.29, 1.82) is 0 Å². The van der Waals surface area contributed by atoms with Gasteiger partial charge in [0.15, 0.2) is 0 Å². The topological polar surface area (TPSA) is 50.7 Å². The van der Waals surface area contributed by atoms with E-state index in [1.807, 2.05) is 48.5 Å². The van der Waals surface area contributed by atoms with Crippen molar-refractivity contribution in [3.05, 3.63) is 71.1 Å². The molecule has 0 aliphatic rings. The maximum atomic E-state index is 11.9. The number of hydrogen-bond donors (Lipinski definition) is 1. The van der Waals surface area contributed by atoms with Gasteiger partial charge in [-0.2, -0.15) is 0 Å². The first-order valence-electron chi connectivity index (χ1n) is 5.63. The van der Waals surface area contributed by atoms with E-state index in [4.69, 9.17) is 0 Å². The smallest absolute Gasteiger partial charge is 0.271 e.